The maximum atomic E-state index is 11.9. The molecule has 0 amide bonds. The van der Waals surface area contributed by atoms with Gasteiger partial charge in [0.05, 0.1) is 5.52 Å². The minimum absolute atomic E-state index is 0.337. The summed E-state index contributed by atoms with van der Waals surface area (Å²) >= 11 is 0. The number of pyridine rings is 1. The summed E-state index contributed by atoms with van der Waals surface area (Å²) < 4.78 is 5.30. The van der Waals surface area contributed by atoms with E-state index in [1.54, 1.807) is 24.3 Å². The van der Waals surface area contributed by atoms with Gasteiger partial charge in [-0.3, -0.25) is 4.79 Å². The van der Waals surface area contributed by atoms with Gasteiger partial charge in [-0.05, 0) is 12.1 Å². The quantitative estimate of drug-likeness (QED) is 0.593. The molecule has 0 fully saturated rings. The number of nitriles is 1. The molecule has 0 saturated carbocycles. The summed E-state index contributed by atoms with van der Waals surface area (Å²) in [6, 6.07) is 6.56. The van der Waals surface area contributed by atoms with Crippen LogP contribution in [0.5, 0.6) is 5.75 Å². The second-order valence-corrected chi connectivity index (χ2v) is 3.59. The van der Waals surface area contributed by atoms with E-state index in [-0.39, 0.29) is 0 Å². The lowest BCUT2D eigenvalue weighted by molar-refractivity contribution is 0.0679. The third-order valence-electron chi connectivity index (χ3n) is 2.62. The number of aromatic nitrogens is 1. The fourth-order valence-electron chi connectivity index (χ4n) is 1.76. The number of aryl methyl sites for hydroxylation is 1. The van der Waals surface area contributed by atoms with Crippen LogP contribution in [0.15, 0.2) is 29.1 Å². The van der Waals surface area contributed by atoms with Crippen molar-refractivity contribution >= 4 is 16.9 Å². The number of benzene rings is 1. The highest BCUT2D eigenvalue weighted by Gasteiger charge is 2.22. The number of carbonyl (C=O) groups is 1. The number of ether oxygens (including phenoxy) is 1. The zero-order valence-corrected chi connectivity index (χ0v) is 9.38. The molecule has 1 heterocycles. The molecule has 6 heteroatoms. The molecule has 0 radical (unpaired) electrons. The van der Waals surface area contributed by atoms with Crippen molar-refractivity contribution < 1.29 is 14.6 Å². The first-order chi connectivity index (χ1) is 8.57. The van der Waals surface area contributed by atoms with E-state index in [1.807, 2.05) is 0 Å². The number of carbonyl (C=O) groups excluding carboxylic acids is 1. The SMILES string of the molecule is Cn1c(=O)c(C(=O)OC#N)c(O)c2ccccc21. The fourth-order valence-corrected chi connectivity index (χ4v) is 1.76. The van der Waals surface area contributed by atoms with Crippen LogP contribution in [0, 0.1) is 11.5 Å². The van der Waals surface area contributed by atoms with Gasteiger partial charge >= 0.3 is 5.97 Å². The van der Waals surface area contributed by atoms with Crippen LogP contribution in [0.25, 0.3) is 10.9 Å². The van der Waals surface area contributed by atoms with Gasteiger partial charge in [0.2, 0.25) is 0 Å². The Morgan fingerprint density at radius 2 is 2.11 bits per heavy atom. The lowest BCUT2D eigenvalue weighted by atomic mass is 10.1. The van der Waals surface area contributed by atoms with Crippen molar-refractivity contribution in [2.45, 2.75) is 0 Å². The average molecular weight is 244 g/mol. The zero-order chi connectivity index (χ0) is 13.3. The van der Waals surface area contributed by atoms with Crippen LogP contribution in [-0.4, -0.2) is 15.6 Å². The van der Waals surface area contributed by atoms with Crippen LogP contribution in [0.3, 0.4) is 0 Å². The smallest absolute Gasteiger partial charge is 0.362 e. The van der Waals surface area contributed by atoms with Crippen molar-refractivity contribution in [1.82, 2.24) is 4.57 Å². The highest BCUT2D eigenvalue weighted by Crippen LogP contribution is 2.25. The molecular weight excluding hydrogens is 236 g/mol. The Kier molecular flexibility index (Phi) is 2.73. The van der Waals surface area contributed by atoms with E-state index in [2.05, 4.69) is 4.74 Å². The first-order valence-electron chi connectivity index (χ1n) is 4.99. The van der Waals surface area contributed by atoms with Gasteiger partial charge in [-0.25, -0.2) is 4.79 Å². The van der Waals surface area contributed by atoms with Crippen molar-refractivity contribution in [3.05, 3.63) is 40.2 Å². The average Bonchev–Trinajstić information content (AvgIpc) is 2.37. The largest absolute Gasteiger partial charge is 0.506 e. The zero-order valence-electron chi connectivity index (χ0n) is 9.38. The molecule has 90 valence electrons. The van der Waals surface area contributed by atoms with Crippen LogP contribution in [-0.2, 0) is 11.8 Å². The molecule has 2 aromatic rings. The van der Waals surface area contributed by atoms with Gasteiger partial charge in [-0.1, -0.05) is 12.1 Å². The Labute approximate surface area is 101 Å². The summed E-state index contributed by atoms with van der Waals surface area (Å²) in [7, 11) is 1.47. The molecule has 0 bridgehead atoms. The van der Waals surface area contributed by atoms with Crippen molar-refractivity contribution in [3.8, 4) is 12.0 Å². The third-order valence-corrected chi connectivity index (χ3v) is 2.62. The van der Waals surface area contributed by atoms with E-state index in [9.17, 15) is 14.7 Å². The minimum atomic E-state index is -1.17. The maximum Gasteiger partial charge on any atom is 0.362 e. The van der Waals surface area contributed by atoms with Crippen LogP contribution < -0.4 is 5.56 Å². The van der Waals surface area contributed by atoms with Crippen molar-refractivity contribution in [3.63, 3.8) is 0 Å². The van der Waals surface area contributed by atoms with Gasteiger partial charge in [0, 0.05) is 12.4 Å². The molecule has 0 aliphatic heterocycles. The standard InChI is InChI=1S/C12H8N2O4/c1-14-8-5-3-2-4-7(8)10(15)9(11(14)16)12(17)18-6-13/h2-5,15H,1H3. The monoisotopic (exact) mass is 244 g/mol. The molecule has 1 aromatic heterocycles. The molecule has 0 spiro atoms. The second-order valence-electron chi connectivity index (χ2n) is 3.59. The second kappa shape index (κ2) is 4.22. The molecule has 2 rings (SSSR count). The predicted octanol–water partition coefficient (Wildman–Crippen LogP) is 0.882. The Balaban J connectivity index is 2.88. The van der Waals surface area contributed by atoms with E-state index in [0.717, 1.165) is 0 Å². The molecule has 18 heavy (non-hydrogen) atoms. The molecule has 1 N–H and O–H groups in total. The summed E-state index contributed by atoms with van der Waals surface area (Å²) in [4.78, 5) is 23.4. The summed E-state index contributed by atoms with van der Waals surface area (Å²) in [5.74, 6) is -1.64. The molecule has 0 unspecified atom stereocenters. The van der Waals surface area contributed by atoms with Crippen molar-refractivity contribution in [1.29, 1.82) is 5.26 Å². The van der Waals surface area contributed by atoms with E-state index in [4.69, 9.17) is 5.26 Å². The summed E-state index contributed by atoms with van der Waals surface area (Å²) in [5, 5.41) is 18.5. The Bertz CT molecular complexity index is 740. The highest BCUT2D eigenvalue weighted by atomic mass is 16.5. The van der Waals surface area contributed by atoms with Gasteiger partial charge in [0.1, 0.15) is 5.75 Å². The lowest BCUT2D eigenvalue weighted by Gasteiger charge is -2.09. The first-order valence-corrected chi connectivity index (χ1v) is 4.99. The van der Waals surface area contributed by atoms with Crippen LogP contribution in [0.1, 0.15) is 10.4 Å². The number of para-hydroxylation sites is 1. The number of aromatic hydroxyl groups is 1. The van der Waals surface area contributed by atoms with Gasteiger partial charge in [0.25, 0.3) is 11.8 Å². The number of fused-ring (bicyclic) bond motifs is 1. The molecule has 6 nitrogen and oxygen atoms in total. The Morgan fingerprint density at radius 3 is 2.78 bits per heavy atom. The summed E-state index contributed by atoms with van der Waals surface area (Å²) in [5.41, 5.74) is -0.780. The van der Waals surface area contributed by atoms with Crippen molar-refractivity contribution in [2.24, 2.45) is 7.05 Å². The van der Waals surface area contributed by atoms with E-state index >= 15 is 0 Å². The van der Waals surface area contributed by atoms with Crippen LogP contribution in [0.4, 0.5) is 0 Å². The number of hydrogen-bond donors (Lipinski definition) is 1. The van der Waals surface area contributed by atoms with E-state index in [1.165, 1.54) is 17.9 Å². The maximum absolute atomic E-state index is 11.9. The summed E-state index contributed by atoms with van der Waals surface area (Å²) in [6.45, 7) is 0. The first kappa shape index (κ1) is 11.7. The van der Waals surface area contributed by atoms with Gasteiger partial charge in [-0.15, -0.1) is 5.26 Å². The molecule has 1 aromatic carbocycles. The number of nitrogens with zero attached hydrogens (tertiary/aromatic N) is 2. The van der Waals surface area contributed by atoms with Gasteiger partial charge in [-0.2, -0.15) is 0 Å². The topological polar surface area (TPSA) is 92.3 Å². The fraction of sp³-hybridized carbons (Fsp3) is 0.0833. The molecule has 0 aliphatic carbocycles. The Morgan fingerprint density at radius 1 is 1.44 bits per heavy atom. The van der Waals surface area contributed by atoms with Crippen molar-refractivity contribution in [2.75, 3.05) is 0 Å². The predicted molar refractivity (Wildman–Crippen MR) is 61.9 cm³/mol. The molecule has 0 saturated heterocycles. The summed E-state index contributed by atoms with van der Waals surface area (Å²) in [6.07, 6.45) is 1.18. The molecule has 0 aliphatic rings. The third kappa shape index (κ3) is 1.58. The van der Waals surface area contributed by atoms with Gasteiger partial charge in [0.15, 0.2) is 5.56 Å². The normalized spacial score (nSPS) is 10.0. The minimum Gasteiger partial charge on any atom is -0.506 e. The number of rotatable bonds is 1. The van der Waals surface area contributed by atoms with Crippen LogP contribution >= 0.6 is 0 Å². The molecule has 0 atom stereocenters. The van der Waals surface area contributed by atoms with E-state index in [0.29, 0.717) is 10.9 Å². The lowest BCUT2D eigenvalue weighted by Crippen LogP contribution is -2.25. The number of hydrogen-bond acceptors (Lipinski definition) is 5. The molecular formula is C12H8N2O4. The van der Waals surface area contributed by atoms with Crippen LogP contribution in [0.2, 0.25) is 0 Å². The van der Waals surface area contributed by atoms with Gasteiger partial charge < -0.3 is 14.4 Å². The van der Waals surface area contributed by atoms with E-state index < -0.39 is 22.8 Å². The Hall–Kier alpha value is -2.81. The number of esters is 1. The highest BCUT2D eigenvalue weighted by molar-refractivity contribution is 5.99.